The summed E-state index contributed by atoms with van der Waals surface area (Å²) in [5.41, 5.74) is 2.60. The molecule has 8 nitrogen and oxygen atoms in total. The second kappa shape index (κ2) is 9.75. The van der Waals surface area contributed by atoms with Crippen molar-refractivity contribution >= 4 is 22.9 Å². The Morgan fingerprint density at radius 1 is 1.10 bits per heavy atom. The van der Waals surface area contributed by atoms with Crippen LogP contribution in [0, 0.1) is 5.92 Å². The number of aromatic nitrogens is 4. The molecule has 0 aliphatic carbocycles. The van der Waals surface area contributed by atoms with E-state index in [2.05, 4.69) is 48.3 Å². The van der Waals surface area contributed by atoms with Crippen molar-refractivity contribution in [1.82, 2.24) is 19.5 Å². The van der Waals surface area contributed by atoms with Crippen LogP contribution < -0.4 is 15.4 Å². The first-order chi connectivity index (χ1) is 14.4. The predicted octanol–water partition coefficient (Wildman–Crippen LogP) is 3.85. The average Bonchev–Trinajstić information content (AvgIpc) is 3.16. The number of imidazole rings is 1. The Balaban J connectivity index is 1.90. The summed E-state index contributed by atoms with van der Waals surface area (Å²) in [6.45, 7) is 9.07. The molecule has 0 saturated heterocycles. The Morgan fingerprint density at radius 3 is 2.43 bits per heavy atom. The first kappa shape index (κ1) is 21.8. The van der Waals surface area contributed by atoms with E-state index in [-0.39, 0.29) is 18.7 Å². The van der Waals surface area contributed by atoms with Gasteiger partial charge < -0.3 is 25.0 Å². The molecule has 2 aromatic heterocycles. The maximum absolute atomic E-state index is 9.75. The van der Waals surface area contributed by atoms with Crippen molar-refractivity contribution < 1.29 is 9.84 Å². The molecule has 30 heavy (non-hydrogen) atoms. The number of ether oxygens (including phenoxy) is 1. The van der Waals surface area contributed by atoms with E-state index >= 15 is 0 Å². The Morgan fingerprint density at radius 2 is 1.83 bits per heavy atom. The molecule has 8 heteroatoms. The van der Waals surface area contributed by atoms with Gasteiger partial charge in [0, 0.05) is 12.6 Å². The summed E-state index contributed by atoms with van der Waals surface area (Å²) < 4.78 is 7.25. The summed E-state index contributed by atoms with van der Waals surface area (Å²) in [4.78, 5) is 13.9. The number of aliphatic hydroxyl groups excluding tert-OH is 1. The SMILES string of the molecule is COc1ccc(CNc2nc(NC(CO)CC(C)C)nc3c2ncn3C(C)C)cc1. The Kier molecular flexibility index (Phi) is 7.10. The van der Waals surface area contributed by atoms with Crippen molar-refractivity contribution in [3.63, 3.8) is 0 Å². The van der Waals surface area contributed by atoms with Gasteiger partial charge in [0.15, 0.2) is 17.0 Å². The highest BCUT2D eigenvalue weighted by atomic mass is 16.5. The summed E-state index contributed by atoms with van der Waals surface area (Å²) in [6.07, 6.45) is 2.62. The maximum atomic E-state index is 9.75. The van der Waals surface area contributed by atoms with Crippen LogP contribution in [0.4, 0.5) is 11.8 Å². The summed E-state index contributed by atoms with van der Waals surface area (Å²) in [6, 6.07) is 8.01. The quantitative estimate of drug-likeness (QED) is 0.465. The van der Waals surface area contributed by atoms with Crippen molar-refractivity contribution in [3.8, 4) is 5.75 Å². The van der Waals surface area contributed by atoms with Gasteiger partial charge in [0.2, 0.25) is 5.95 Å². The van der Waals surface area contributed by atoms with E-state index in [9.17, 15) is 5.11 Å². The van der Waals surface area contributed by atoms with Gasteiger partial charge in [0.25, 0.3) is 0 Å². The van der Waals surface area contributed by atoms with Crippen LogP contribution in [0.25, 0.3) is 11.2 Å². The summed E-state index contributed by atoms with van der Waals surface area (Å²) in [7, 11) is 1.66. The van der Waals surface area contributed by atoms with E-state index < -0.39 is 0 Å². The van der Waals surface area contributed by atoms with Gasteiger partial charge in [-0.3, -0.25) is 0 Å². The fourth-order valence-electron chi connectivity index (χ4n) is 3.34. The summed E-state index contributed by atoms with van der Waals surface area (Å²) >= 11 is 0. The Bertz CT molecular complexity index is 952. The molecule has 0 aliphatic heterocycles. The van der Waals surface area contributed by atoms with Crippen molar-refractivity contribution in [2.75, 3.05) is 24.4 Å². The molecule has 0 saturated carbocycles. The molecule has 2 heterocycles. The first-order valence-corrected chi connectivity index (χ1v) is 10.4. The summed E-state index contributed by atoms with van der Waals surface area (Å²) in [5, 5.41) is 16.4. The number of fused-ring (bicyclic) bond motifs is 1. The minimum atomic E-state index is -0.104. The van der Waals surface area contributed by atoms with Crippen molar-refractivity contribution in [3.05, 3.63) is 36.2 Å². The van der Waals surface area contributed by atoms with Gasteiger partial charge in [-0.05, 0) is 43.9 Å². The molecule has 3 N–H and O–H groups in total. The molecule has 3 aromatic rings. The lowest BCUT2D eigenvalue weighted by Crippen LogP contribution is -2.27. The fourth-order valence-corrected chi connectivity index (χ4v) is 3.34. The topological polar surface area (TPSA) is 97.1 Å². The van der Waals surface area contributed by atoms with E-state index in [0.29, 0.717) is 24.2 Å². The zero-order valence-corrected chi connectivity index (χ0v) is 18.4. The number of nitrogens with zero attached hydrogens (tertiary/aromatic N) is 4. The lowest BCUT2D eigenvalue weighted by atomic mass is 10.0. The average molecular weight is 413 g/mol. The Hall–Kier alpha value is -2.87. The number of anilines is 2. The van der Waals surface area contributed by atoms with Gasteiger partial charge in [-0.2, -0.15) is 9.97 Å². The van der Waals surface area contributed by atoms with E-state index in [1.165, 1.54) is 0 Å². The van der Waals surface area contributed by atoms with Crippen LogP contribution in [0.2, 0.25) is 0 Å². The van der Waals surface area contributed by atoms with E-state index in [0.717, 1.165) is 28.9 Å². The van der Waals surface area contributed by atoms with Gasteiger partial charge in [0.05, 0.1) is 26.1 Å². The minimum absolute atomic E-state index is 0.0254. The highest BCUT2D eigenvalue weighted by Gasteiger charge is 2.17. The molecular formula is C22H32N6O2. The molecule has 1 aromatic carbocycles. The van der Waals surface area contributed by atoms with Gasteiger partial charge in [-0.15, -0.1) is 0 Å². The molecule has 1 unspecified atom stereocenters. The number of methoxy groups -OCH3 is 1. The minimum Gasteiger partial charge on any atom is -0.497 e. The van der Waals surface area contributed by atoms with Crippen LogP contribution in [0.1, 0.15) is 45.7 Å². The van der Waals surface area contributed by atoms with Crippen LogP contribution in [0.5, 0.6) is 5.75 Å². The molecule has 0 aliphatic rings. The Labute approximate surface area is 177 Å². The lowest BCUT2D eigenvalue weighted by Gasteiger charge is -2.19. The third-order valence-corrected chi connectivity index (χ3v) is 4.91. The second-order valence-electron chi connectivity index (χ2n) is 8.17. The first-order valence-electron chi connectivity index (χ1n) is 10.4. The van der Waals surface area contributed by atoms with Crippen LogP contribution in [0.3, 0.4) is 0 Å². The standard InChI is InChI=1S/C22H32N6O2/c1-14(2)10-17(12-29)25-22-26-20(19-21(27-22)28(13-24-19)15(3)4)23-11-16-6-8-18(30-5)9-7-16/h6-9,13-15,17,29H,10-12H2,1-5H3,(H2,23,25,26,27). The van der Waals surface area contributed by atoms with Crippen LogP contribution in [-0.4, -0.2) is 44.4 Å². The monoisotopic (exact) mass is 412 g/mol. The number of rotatable bonds is 10. The summed E-state index contributed by atoms with van der Waals surface area (Å²) in [5.74, 6) is 2.43. The largest absolute Gasteiger partial charge is 0.497 e. The highest BCUT2D eigenvalue weighted by Crippen LogP contribution is 2.25. The third-order valence-electron chi connectivity index (χ3n) is 4.91. The molecule has 3 rings (SSSR count). The van der Waals surface area contributed by atoms with E-state index in [1.54, 1.807) is 13.4 Å². The number of hydrogen-bond acceptors (Lipinski definition) is 7. The van der Waals surface area contributed by atoms with Crippen LogP contribution in [0.15, 0.2) is 30.6 Å². The van der Waals surface area contributed by atoms with Crippen molar-refractivity contribution in [2.24, 2.45) is 5.92 Å². The molecule has 0 radical (unpaired) electrons. The van der Waals surface area contributed by atoms with Crippen LogP contribution >= 0.6 is 0 Å². The maximum Gasteiger partial charge on any atom is 0.227 e. The van der Waals surface area contributed by atoms with Gasteiger partial charge in [-0.25, -0.2) is 4.98 Å². The zero-order valence-electron chi connectivity index (χ0n) is 18.4. The second-order valence-corrected chi connectivity index (χ2v) is 8.17. The predicted molar refractivity (Wildman–Crippen MR) is 120 cm³/mol. The van der Waals surface area contributed by atoms with Crippen LogP contribution in [-0.2, 0) is 6.54 Å². The number of benzene rings is 1. The van der Waals surface area contributed by atoms with Crippen molar-refractivity contribution in [2.45, 2.75) is 52.7 Å². The lowest BCUT2D eigenvalue weighted by molar-refractivity contribution is 0.259. The smallest absolute Gasteiger partial charge is 0.227 e. The van der Waals surface area contributed by atoms with E-state index in [4.69, 9.17) is 9.72 Å². The van der Waals surface area contributed by atoms with Gasteiger partial charge >= 0.3 is 0 Å². The number of nitrogens with one attached hydrogen (secondary N) is 2. The highest BCUT2D eigenvalue weighted by molar-refractivity contribution is 5.84. The molecule has 162 valence electrons. The molecular weight excluding hydrogens is 380 g/mol. The van der Waals surface area contributed by atoms with E-state index in [1.807, 2.05) is 28.8 Å². The molecule has 0 bridgehead atoms. The molecule has 0 spiro atoms. The number of hydrogen-bond donors (Lipinski definition) is 3. The third kappa shape index (κ3) is 5.18. The number of aliphatic hydroxyl groups is 1. The fraction of sp³-hybridized carbons (Fsp3) is 0.500. The van der Waals surface area contributed by atoms with Crippen molar-refractivity contribution in [1.29, 1.82) is 0 Å². The normalized spacial score (nSPS) is 12.5. The van der Waals surface area contributed by atoms with Gasteiger partial charge in [0.1, 0.15) is 5.75 Å². The zero-order chi connectivity index (χ0) is 21.7. The molecule has 0 fully saturated rings. The molecule has 1 atom stereocenters. The molecule has 0 amide bonds. The van der Waals surface area contributed by atoms with Gasteiger partial charge in [-0.1, -0.05) is 26.0 Å².